The maximum absolute atomic E-state index is 13.2. The molecule has 10 nitrogen and oxygen atoms in total. The summed E-state index contributed by atoms with van der Waals surface area (Å²) < 4.78 is 28.1. The topological polar surface area (TPSA) is 113 Å². The van der Waals surface area contributed by atoms with E-state index in [0.717, 1.165) is 35.1 Å². The van der Waals surface area contributed by atoms with Crippen molar-refractivity contribution >= 4 is 18.1 Å². The van der Waals surface area contributed by atoms with E-state index in [0.29, 0.717) is 13.0 Å². The second-order valence-corrected chi connectivity index (χ2v) is 10.4. The fourth-order valence-corrected chi connectivity index (χ4v) is 5.86. The molecule has 0 saturated carbocycles. The van der Waals surface area contributed by atoms with Gasteiger partial charge in [-0.1, -0.05) is 61.2 Å². The van der Waals surface area contributed by atoms with Gasteiger partial charge in [0.1, 0.15) is 19.3 Å². The molecule has 2 heterocycles. The first-order valence-electron chi connectivity index (χ1n) is 14.0. The number of amides is 3. The zero-order valence-electron chi connectivity index (χ0n) is 23.2. The van der Waals surface area contributed by atoms with Crippen LogP contribution < -0.4 is 5.32 Å². The highest BCUT2D eigenvalue weighted by Crippen LogP contribution is 2.44. The molecule has 5 rings (SSSR count). The van der Waals surface area contributed by atoms with E-state index >= 15 is 0 Å². The summed E-state index contributed by atoms with van der Waals surface area (Å²) in [6.07, 6.45) is 2.26. The average Bonchev–Trinajstić information content (AvgIpc) is 3.54. The van der Waals surface area contributed by atoms with E-state index < -0.39 is 36.5 Å². The Morgan fingerprint density at radius 3 is 2.41 bits per heavy atom. The Hall–Kier alpha value is -3.73. The van der Waals surface area contributed by atoms with Crippen LogP contribution in [0.4, 0.5) is 9.59 Å². The molecule has 218 valence electrons. The Morgan fingerprint density at radius 1 is 1.02 bits per heavy atom. The minimum atomic E-state index is -0.931. The van der Waals surface area contributed by atoms with Crippen LogP contribution >= 0.6 is 0 Å². The Balaban J connectivity index is 1.20. The van der Waals surface area contributed by atoms with Crippen molar-refractivity contribution < 1.29 is 38.1 Å². The molecule has 3 aliphatic rings. The number of hydrogen-bond acceptors (Lipinski definition) is 8. The maximum atomic E-state index is 13.2. The quantitative estimate of drug-likeness (QED) is 0.353. The number of rotatable bonds is 9. The molecule has 0 spiro atoms. The third-order valence-corrected chi connectivity index (χ3v) is 7.70. The molecule has 41 heavy (non-hydrogen) atoms. The predicted octanol–water partition coefficient (Wildman–Crippen LogP) is 4.38. The van der Waals surface area contributed by atoms with Crippen molar-refractivity contribution in [2.75, 3.05) is 33.5 Å². The number of carbonyl (C=O) groups is 3. The minimum Gasteiger partial charge on any atom is -0.460 e. The second-order valence-electron chi connectivity index (χ2n) is 10.4. The monoisotopic (exact) mass is 564 g/mol. The summed E-state index contributed by atoms with van der Waals surface area (Å²) >= 11 is 0. The molecular formula is C31H36N2O8. The molecule has 2 unspecified atom stereocenters. The predicted molar refractivity (Wildman–Crippen MR) is 149 cm³/mol. The van der Waals surface area contributed by atoms with E-state index in [2.05, 4.69) is 11.9 Å². The van der Waals surface area contributed by atoms with Gasteiger partial charge in [-0.3, -0.25) is 0 Å². The largest absolute Gasteiger partial charge is 0.460 e. The molecule has 2 aliphatic heterocycles. The van der Waals surface area contributed by atoms with Gasteiger partial charge in [0.2, 0.25) is 0 Å². The number of imide groups is 1. The smallest absolute Gasteiger partial charge is 0.415 e. The molecule has 2 fully saturated rings. The van der Waals surface area contributed by atoms with Gasteiger partial charge in [0.15, 0.2) is 6.29 Å². The molecule has 1 aliphatic carbocycles. The van der Waals surface area contributed by atoms with E-state index in [4.69, 9.17) is 23.7 Å². The maximum Gasteiger partial charge on any atom is 0.415 e. The zero-order chi connectivity index (χ0) is 28.8. The van der Waals surface area contributed by atoms with Crippen LogP contribution in [-0.4, -0.2) is 81.0 Å². The molecular weight excluding hydrogens is 528 g/mol. The summed E-state index contributed by atoms with van der Waals surface area (Å²) in [6, 6.07) is 14.3. The molecule has 4 atom stereocenters. The van der Waals surface area contributed by atoms with Crippen molar-refractivity contribution in [3.05, 3.63) is 72.3 Å². The van der Waals surface area contributed by atoms with E-state index in [1.165, 1.54) is 11.0 Å². The van der Waals surface area contributed by atoms with Crippen molar-refractivity contribution in [3.63, 3.8) is 0 Å². The van der Waals surface area contributed by atoms with Crippen LogP contribution in [0.15, 0.2) is 61.2 Å². The lowest BCUT2D eigenvalue weighted by molar-refractivity contribution is -0.219. The normalized spacial score (nSPS) is 23.4. The van der Waals surface area contributed by atoms with Crippen LogP contribution in [0.5, 0.6) is 0 Å². The van der Waals surface area contributed by atoms with Crippen LogP contribution in [0, 0.1) is 0 Å². The van der Waals surface area contributed by atoms with Gasteiger partial charge in [0.05, 0.1) is 18.8 Å². The van der Waals surface area contributed by atoms with Gasteiger partial charge in [-0.05, 0) is 41.5 Å². The average molecular weight is 565 g/mol. The van der Waals surface area contributed by atoms with Crippen LogP contribution in [0.25, 0.3) is 11.1 Å². The van der Waals surface area contributed by atoms with Gasteiger partial charge >= 0.3 is 18.1 Å². The third-order valence-electron chi connectivity index (χ3n) is 7.70. The Morgan fingerprint density at radius 2 is 1.73 bits per heavy atom. The van der Waals surface area contributed by atoms with E-state index in [1.54, 1.807) is 7.11 Å². The summed E-state index contributed by atoms with van der Waals surface area (Å²) in [6.45, 7) is 4.19. The molecule has 0 radical (unpaired) electrons. The molecule has 0 bridgehead atoms. The van der Waals surface area contributed by atoms with Crippen LogP contribution in [0.1, 0.15) is 42.7 Å². The number of urea groups is 1. The van der Waals surface area contributed by atoms with Gasteiger partial charge in [-0.15, -0.1) is 0 Å². The molecule has 2 aromatic rings. The molecule has 2 aromatic carbocycles. The fraction of sp³-hybridized carbons (Fsp3) is 0.452. The first-order chi connectivity index (χ1) is 20.0. The summed E-state index contributed by atoms with van der Waals surface area (Å²) in [5.41, 5.74) is 4.34. The molecule has 2 saturated heterocycles. The number of carbonyl (C=O) groups excluding carboxylic acids is 3. The molecule has 1 N–H and O–H groups in total. The number of alkyl carbamates (subject to hydrolysis) is 1. The number of ether oxygens (including phenoxy) is 5. The summed E-state index contributed by atoms with van der Waals surface area (Å²) in [5, 5.41) is 2.28. The third kappa shape index (κ3) is 6.61. The lowest BCUT2D eigenvalue weighted by Gasteiger charge is -2.31. The Bertz CT molecular complexity index is 1220. The number of nitrogens with zero attached hydrogens (tertiary/aromatic N) is 1. The van der Waals surface area contributed by atoms with Crippen molar-refractivity contribution in [1.82, 2.24) is 10.2 Å². The Labute approximate surface area is 239 Å². The minimum absolute atomic E-state index is 0.00707. The highest BCUT2D eigenvalue weighted by atomic mass is 16.7. The second kappa shape index (κ2) is 13.3. The van der Waals surface area contributed by atoms with Gasteiger partial charge in [0, 0.05) is 26.0 Å². The van der Waals surface area contributed by atoms with E-state index in [-0.39, 0.29) is 38.2 Å². The number of methoxy groups -OCH3 is 1. The first kappa shape index (κ1) is 28.8. The molecule has 0 aromatic heterocycles. The van der Waals surface area contributed by atoms with Crippen molar-refractivity contribution in [2.45, 2.75) is 56.1 Å². The van der Waals surface area contributed by atoms with E-state index in [9.17, 15) is 14.4 Å². The number of esters is 1. The van der Waals surface area contributed by atoms with Gasteiger partial charge in [-0.25, -0.2) is 19.7 Å². The summed E-state index contributed by atoms with van der Waals surface area (Å²) in [4.78, 5) is 40.0. The summed E-state index contributed by atoms with van der Waals surface area (Å²) in [5.74, 6) is -0.743. The first-order valence-corrected chi connectivity index (χ1v) is 14.0. The van der Waals surface area contributed by atoms with Gasteiger partial charge in [-0.2, -0.15) is 0 Å². The van der Waals surface area contributed by atoms with Crippen molar-refractivity contribution in [1.29, 1.82) is 0 Å². The highest BCUT2D eigenvalue weighted by molar-refractivity contribution is 5.93. The van der Waals surface area contributed by atoms with Crippen LogP contribution in [-0.2, 0) is 28.5 Å². The Kier molecular flexibility index (Phi) is 9.33. The van der Waals surface area contributed by atoms with Crippen molar-refractivity contribution in [3.8, 4) is 11.1 Å². The number of likely N-dealkylation sites (tertiary alicyclic amines) is 1. The fourth-order valence-electron chi connectivity index (χ4n) is 5.86. The SMILES string of the molecule is C=CCOC(=O)[C@@H]1C[C@@H](OC2CCCC(COC)O2)CN1C(=O)NC(=O)OCC1c2ccccc2-c2ccccc21. The summed E-state index contributed by atoms with van der Waals surface area (Å²) in [7, 11) is 1.62. The van der Waals surface area contributed by atoms with Gasteiger partial charge < -0.3 is 28.6 Å². The lowest BCUT2D eigenvalue weighted by Crippen LogP contribution is -2.48. The number of hydrogen-bond donors (Lipinski definition) is 1. The zero-order valence-corrected chi connectivity index (χ0v) is 23.2. The number of fused-ring (bicyclic) bond motifs is 3. The van der Waals surface area contributed by atoms with Crippen molar-refractivity contribution in [2.24, 2.45) is 0 Å². The van der Waals surface area contributed by atoms with E-state index in [1.807, 2.05) is 48.5 Å². The lowest BCUT2D eigenvalue weighted by atomic mass is 9.98. The van der Waals surface area contributed by atoms with Crippen LogP contribution in [0.3, 0.4) is 0 Å². The number of nitrogens with one attached hydrogen (secondary N) is 1. The number of benzene rings is 2. The molecule has 10 heteroatoms. The molecule has 3 amide bonds. The van der Waals surface area contributed by atoms with Crippen LogP contribution in [0.2, 0.25) is 0 Å². The highest BCUT2D eigenvalue weighted by Gasteiger charge is 2.43. The van der Waals surface area contributed by atoms with Gasteiger partial charge in [0.25, 0.3) is 0 Å². The standard InChI is InChI=1S/C31H36N2O8/c1-3-15-38-29(34)27-16-21(41-28-14-8-9-20(40-28)18-37-2)17-33(27)30(35)32-31(36)39-19-26-24-12-6-4-10-22(24)23-11-5-7-13-25(23)26/h3-7,10-13,20-21,26-28H,1,8-9,14-19H2,2H3,(H,32,35,36)/t20?,21-,27+,28?/m1/s1.